The highest BCUT2D eigenvalue weighted by Crippen LogP contribution is 2.26. The van der Waals surface area contributed by atoms with Gasteiger partial charge in [0.15, 0.2) is 0 Å². The summed E-state index contributed by atoms with van der Waals surface area (Å²) in [5.74, 6) is 0.0789. The number of benzene rings is 2. The molecule has 1 N–H and O–H groups in total. The molecule has 0 aliphatic carbocycles. The minimum absolute atomic E-state index is 0.0748. The van der Waals surface area contributed by atoms with Gasteiger partial charge in [-0.05, 0) is 58.8 Å². The maximum Gasteiger partial charge on any atom is 0.248 e. The van der Waals surface area contributed by atoms with Crippen molar-refractivity contribution in [3.63, 3.8) is 0 Å². The number of halogens is 1. The molecule has 0 saturated heterocycles. The fourth-order valence-electron chi connectivity index (χ4n) is 2.89. The molecule has 29 heavy (non-hydrogen) atoms. The van der Waals surface area contributed by atoms with E-state index in [-0.39, 0.29) is 12.5 Å². The van der Waals surface area contributed by atoms with Crippen molar-refractivity contribution < 1.29 is 4.79 Å². The molecule has 0 atom stereocenters. The van der Waals surface area contributed by atoms with Crippen LogP contribution < -0.4 is 5.32 Å². The number of carbonyl (C=O) groups excluding carboxylic acids is 1. The Morgan fingerprint density at radius 2 is 1.93 bits per heavy atom. The highest BCUT2D eigenvalue weighted by atomic mass is 35.5. The third kappa shape index (κ3) is 3.97. The van der Waals surface area contributed by atoms with Crippen molar-refractivity contribution in [3.05, 3.63) is 58.9 Å². The normalized spacial score (nSPS) is 10.9. The second kappa shape index (κ2) is 7.76. The van der Waals surface area contributed by atoms with Crippen LogP contribution in [0.3, 0.4) is 0 Å². The fourth-order valence-corrected chi connectivity index (χ4v) is 3.06. The number of aryl methyl sites for hydroxylation is 2. The predicted octanol–water partition coefficient (Wildman–Crippen LogP) is 2.22. The zero-order valence-corrected chi connectivity index (χ0v) is 16.4. The number of hydrogen-bond donors (Lipinski definition) is 1. The molecule has 0 aliphatic heterocycles. The second-order valence-electron chi connectivity index (χ2n) is 6.37. The standard InChI is InChI=1S/C18H16ClN9O/c1-11-4-3-5-12(2)17(11)21-16(29)9-28-23-18(22-25-28)14-7-6-13(19)8-15(14)27-10-20-24-26-27/h3-8,10H,9H2,1-2H3,(H,21,29). The first-order valence-corrected chi connectivity index (χ1v) is 9.06. The molecule has 0 spiro atoms. The van der Waals surface area contributed by atoms with E-state index in [0.29, 0.717) is 22.1 Å². The van der Waals surface area contributed by atoms with E-state index in [0.717, 1.165) is 16.8 Å². The SMILES string of the molecule is Cc1cccc(C)c1NC(=O)Cn1nnc(-c2ccc(Cl)cc2-n2cnnn2)n1. The lowest BCUT2D eigenvalue weighted by Gasteiger charge is -2.10. The van der Waals surface area contributed by atoms with Crippen LogP contribution in [0.1, 0.15) is 11.1 Å². The Hall–Kier alpha value is -3.66. The first-order valence-electron chi connectivity index (χ1n) is 8.68. The van der Waals surface area contributed by atoms with E-state index in [1.54, 1.807) is 18.2 Å². The number of para-hydroxylation sites is 1. The summed E-state index contributed by atoms with van der Waals surface area (Å²) < 4.78 is 1.45. The van der Waals surface area contributed by atoms with Crippen LogP contribution in [0.5, 0.6) is 0 Å². The quantitative estimate of drug-likeness (QED) is 0.537. The molecule has 11 heteroatoms. The summed E-state index contributed by atoms with van der Waals surface area (Å²) in [5, 5.41) is 26.9. The molecule has 0 saturated carbocycles. The third-order valence-electron chi connectivity index (χ3n) is 4.28. The van der Waals surface area contributed by atoms with Crippen LogP contribution >= 0.6 is 11.6 Å². The van der Waals surface area contributed by atoms with E-state index in [9.17, 15) is 4.79 Å². The number of anilines is 1. The van der Waals surface area contributed by atoms with Crippen LogP contribution in [0.2, 0.25) is 5.02 Å². The first kappa shape index (κ1) is 18.7. The molecule has 146 valence electrons. The zero-order chi connectivity index (χ0) is 20.4. The number of rotatable bonds is 5. The van der Waals surface area contributed by atoms with Gasteiger partial charge in [0.05, 0.1) is 5.69 Å². The lowest BCUT2D eigenvalue weighted by molar-refractivity contribution is -0.117. The van der Waals surface area contributed by atoms with Crippen LogP contribution in [-0.4, -0.2) is 46.3 Å². The van der Waals surface area contributed by atoms with E-state index in [1.807, 2.05) is 32.0 Å². The molecule has 2 aromatic carbocycles. The smallest absolute Gasteiger partial charge is 0.248 e. The Labute approximate surface area is 170 Å². The lowest BCUT2D eigenvalue weighted by Crippen LogP contribution is -2.21. The molecule has 4 aromatic rings. The van der Waals surface area contributed by atoms with E-state index in [1.165, 1.54) is 15.8 Å². The van der Waals surface area contributed by atoms with Gasteiger partial charge in [0.25, 0.3) is 0 Å². The van der Waals surface area contributed by atoms with Gasteiger partial charge in [-0.1, -0.05) is 29.8 Å². The molecular weight excluding hydrogens is 394 g/mol. The fraction of sp³-hybridized carbons (Fsp3) is 0.167. The molecule has 0 fully saturated rings. The Morgan fingerprint density at radius 3 is 2.66 bits per heavy atom. The Morgan fingerprint density at radius 1 is 1.14 bits per heavy atom. The largest absolute Gasteiger partial charge is 0.324 e. The van der Waals surface area contributed by atoms with Crippen molar-refractivity contribution in [1.82, 2.24) is 40.4 Å². The van der Waals surface area contributed by atoms with Crippen LogP contribution in [0.4, 0.5) is 5.69 Å². The molecular formula is C18H16ClN9O. The number of nitrogens with zero attached hydrogens (tertiary/aromatic N) is 8. The van der Waals surface area contributed by atoms with Gasteiger partial charge in [0, 0.05) is 16.3 Å². The average Bonchev–Trinajstić information content (AvgIpc) is 3.37. The van der Waals surface area contributed by atoms with Gasteiger partial charge in [-0.2, -0.15) is 9.48 Å². The highest BCUT2D eigenvalue weighted by Gasteiger charge is 2.16. The highest BCUT2D eigenvalue weighted by molar-refractivity contribution is 6.30. The van der Waals surface area contributed by atoms with Gasteiger partial charge in [-0.15, -0.1) is 15.3 Å². The summed E-state index contributed by atoms with van der Waals surface area (Å²) in [5.41, 5.74) is 3.98. The second-order valence-corrected chi connectivity index (χ2v) is 6.81. The van der Waals surface area contributed by atoms with Crippen LogP contribution in [-0.2, 0) is 11.3 Å². The van der Waals surface area contributed by atoms with Crippen molar-refractivity contribution in [2.75, 3.05) is 5.32 Å². The maximum atomic E-state index is 12.4. The Kier molecular flexibility index (Phi) is 5.00. The van der Waals surface area contributed by atoms with Crippen LogP contribution in [0.15, 0.2) is 42.7 Å². The van der Waals surface area contributed by atoms with Crippen LogP contribution in [0, 0.1) is 13.8 Å². The molecule has 2 aromatic heterocycles. The van der Waals surface area contributed by atoms with Gasteiger partial charge >= 0.3 is 0 Å². The van der Waals surface area contributed by atoms with Crippen molar-refractivity contribution in [3.8, 4) is 17.1 Å². The minimum Gasteiger partial charge on any atom is -0.324 e. The van der Waals surface area contributed by atoms with Gasteiger partial charge in [0.1, 0.15) is 12.9 Å². The van der Waals surface area contributed by atoms with Gasteiger partial charge in [0.2, 0.25) is 11.7 Å². The number of aromatic nitrogens is 8. The van der Waals surface area contributed by atoms with Crippen LogP contribution in [0.25, 0.3) is 17.1 Å². The predicted molar refractivity (Wildman–Crippen MR) is 106 cm³/mol. The van der Waals surface area contributed by atoms with Crippen molar-refractivity contribution in [2.24, 2.45) is 0 Å². The van der Waals surface area contributed by atoms with Gasteiger partial charge < -0.3 is 5.32 Å². The molecule has 1 amide bonds. The summed E-state index contributed by atoms with van der Waals surface area (Å²) in [4.78, 5) is 13.7. The number of carbonyl (C=O) groups is 1. The summed E-state index contributed by atoms with van der Waals surface area (Å²) in [6, 6.07) is 11.0. The first-order chi connectivity index (χ1) is 14.0. The number of nitrogens with one attached hydrogen (secondary N) is 1. The number of amides is 1. The molecule has 4 rings (SSSR count). The van der Waals surface area contributed by atoms with Crippen molar-refractivity contribution in [1.29, 1.82) is 0 Å². The Bertz CT molecular complexity index is 1150. The van der Waals surface area contributed by atoms with Crippen molar-refractivity contribution >= 4 is 23.2 Å². The zero-order valence-electron chi connectivity index (χ0n) is 15.6. The van der Waals surface area contributed by atoms with E-state index < -0.39 is 0 Å². The van der Waals surface area contributed by atoms with E-state index in [2.05, 4.69) is 36.3 Å². The number of hydrogen-bond acceptors (Lipinski definition) is 7. The van der Waals surface area contributed by atoms with Gasteiger partial charge in [-0.25, -0.2) is 0 Å². The molecule has 0 bridgehead atoms. The molecule has 0 aliphatic rings. The lowest BCUT2D eigenvalue weighted by atomic mass is 10.1. The van der Waals surface area contributed by atoms with E-state index in [4.69, 9.17) is 11.6 Å². The molecule has 10 nitrogen and oxygen atoms in total. The van der Waals surface area contributed by atoms with Crippen molar-refractivity contribution in [2.45, 2.75) is 20.4 Å². The summed E-state index contributed by atoms with van der Waals surface area (Å²) in [6.45, 7) is 3.81. The summed E-state index contributed by atoms with van der Waals surface area (Å²) in [7, 11) is 0. The minimum atomic E-state index is -0.247. The summed E-state index contributed by atoms with van der Waals surface area (Å²) >= 11 is 6.10. The van der Waals surface area contributed by atoms with E-state index >= 15 is 0 Å². The maximum absolute atomic E-state index is 12.4. The Balaban J connectivity index is 1.56. The van der Waals surface area contributed by atoms with Gasteiger partial charge in [-0.3, -0.25) is 4.79 Å². The molecule has 0 radical (unpaired) electrons. The topological polar surface area (TPSA) is 116 Å². The summed E-state index contributed by atoms with van der Waals surface area (Å²) in [6.07, 6.45) is 1.44. The monoisotopic (exact) mass is 409 g/mol. The average molecular weight is 410 g/mol. The molecule has 2 heterocycles. The third-order valence-corrected chi connectivity index (χ3v) is 4.52. The molecule has 0 unspecified atom stereocenters. The number of tetrazole rings is 2.